The number of halogens is 3. The van der Waals surface area contributed by atoms with Crippen LogP contribution in [0.3, 0.4) is 0 Å². The molecule has 1 saturated carbocycles. The molecule has 0 saturated heterocycles. The van der Waals surface area contributed by atoms with E-state index in [0.29, 0.717) is 12.0 Å². The summed E-state index contributed by atoms with van der Waals surface area (Å²) >= 11 is 5.57. The molecule has 0 heterocycles. The number of rotatable bonds is 9. The summed E-state index contributed by atoms with van der Waals surface area (Å²) in [7, 11) is 0. The second-order valence-corrected chi connectivity index (χ2v) is 10.3. The van der Waals surface area contributed by atoms with Gasteiger partial charge in [-0.3, -0.25) is 0 Å². The lowest BCUT2D eigenvalue weighted by Gasteiger charge is -2.29. The Kier molecular flexibility index (Phi) is 8.78. The molecular formula is C31H35ClF2. The fraction of sp³-hybridized carbons (Fsp3) is 0.419. The van der Waals surface area contributed by atoms with Crippen LogP contribution in [-0.4, -0.2) is 0 Å². The predicted molar refractivity (Wildman–Crippen MR) is 139 cm³/mol. The van der Waals surface area contributed by atoms with Crippen molar-refractivity contribution in [1.29, 1.82) is 0 Å². The summed E-state index contributed by atoms with van der Waals surface area (Å²) < 4.78 is 27.3. The molecule has 1 aliphatic carbocycles. The van der Waals surface area contributed by atoms with Gasteiger partial charge < -0.3 is 0 Å². The van der Waals surface area contributed by atoms with Gasteiger partial charge in [-0.1, -0.05) is 73.5 Å². The first-order valence-corrected chi connectivity index (χ1v) is 13.2. The average molecular weight is 481 g/mol. The normalized spacial score (nSPS) is 18.2. The van der Waals surface area contributed by atoms with Gasteiger partial charge in [0.1, 0.15) is 16.7 Å². The molecule has 3 aromatic carbocycles. The molecule has 0 unspecified atom stereocenters. The van der Waals surface area contributed by atoms with Crippen molar-refractivity contribution in [2.75, 3.05) is 0 Å². The summed E-state index contributed by atoms with van der Waals surface area (Å²) in [6, 6.07) is 20.7. The quantitative estimate of drug-likeness (QED) is 0.267. The summed E-state index contributed by atoms with van der Waals surface area (Å²) in [6.45, 7) is 2.24. The summed E-state index contributed by atoms with van der Waals surface area (Å²) in [5, 5.41) is -0.428. The van der Waals surface area contributed by atoms with E-state index >= 15 is 0 Å². The Hall–Kier alpha value is -2.19. The van der Waals surface area contributed by atoms with Crippen LogP contribution < -0.4 is 0 Å². The van der Waals surface area contributed by atoms with Crippen molar-refractivity contribution >= 4 is 11.6 Å². The van der Waals surface area contributed by atoms with Crippen LogP contribution in [-0.2, 0) is 25.7 Å². The van der Waals surface area contributed by atoms with Crippen LogP contribution in [0.1, 0.15) is 79.2 Å². The smallest absolute Gasteiger partial charge is 0.145 e. The molecule has 0 spiro atoms. The van der Waals surface area contributed by atoms with E-state index in [1.165, 1.54) is 79.3 Å². The molecule has 1 aliphatic rings. The van der Waals surface area contributed by atoms with Gasteiger partial charge >= 0.3 is 0 Å². The third-order valence-corrected chi connectivity index (χ3v) is 7.81. The summed E-state index contributed by atoms with van der Waals surface area (Å²) in [6.07, 6.45) is 11.4. The van der Waals surface area contributed by atoms with Gasteiger partial charge in [0.15, 0.2) is 0 Å². The maximum atomic E-state index is 13.6. The highest BCUT2D eigenvalue weighted by atomic mass is 35.5. The minimum Gasteiger partial charge on any atom is -0.205 e. The standard InChI is InChI=1S/C31H35ClF2/c1-2-3-22-12-16-27(17-13-22)28-18-14-25(15-19-28)9-8-23-4-6-24(7-5-23)10-11-26-20-29(33)31(32)30(34)21-26/h4-7,12-13,16-17,20-21,25,28H,2-3,8-11,14-15,18-19H2,1H3. The third kappa shape index (κ3) is 6.69. The topological polar surface area (TPSA) is 0 Å². The monoisotopic (exact) mass is 480 g/mol. The fourth-order valence-electron chi connectivity index (χ4n) is 5.31. The molecule has 1 fully saturated rings. The van der Waals surface area contributed by atoms with Gasteiger partial charge in [-0.2, -0.15) is 0 Å². The summed E-state index contributed by atoms with van der Waals surface area (Å²) in [5.41, 5.74) is 6.18. The van der Waals surface area contributed by atoms with Crippen LogP contribution in [0.2, 0.25) is 5.02 Å². The zero-order valence-electron chi connectivity index (χ0n) is 20.1. The molecule has 0 N–H and O–H groups in total. The maximum Gasteiger partial charge on any atom is 0.145 e. The van der Waals surface area contributed by atoms with Crippen molar-refractivity contribution in [2.45, 2.75) is 77.0 Å². The Morgan fingerprint density at radius 1 is 0.676 bits per heavy atom. The largest absolute Gasteiger partial charge is 0.205 e. The highest BCUT2D eigenvalue weighted by Gasteiger charge is 2.22. The summed E-state index contributed by atoms with van der Waals surface area (Å²) in [5.74, 6) is 0.177. The lowest BCUT2D eigenvalue weighted by atomic mass is 9.77. The first-order chi connectivity index (χ1) is 16.5. The molecule has 0 nitrogen and oxygen atoms in total. The van der Waals surface area contributed by atoms with Crippen molar-refractivity contribution in [3.63, 3.8) is 0 Å². The van der Waals surface area contributed by atoms with Gasteiger partial charge in [0.05, 0.1) is 0 Å². The maximum absolute atomic E-state index is 13.6. The molecule has 3 aromatic rings. The molecule has 3 heteroatoms. The molecule has 180 valence electrons. The van der Waals surface area contributed by atoms with Gasteiger partial charge in [-0.05, 0) is 110 Å². The van der Waals surface area contributed by atoms with E-state index in [1.807, 2.05) is 0 Å². The molecule has 4 rings (SSSR count). The van der Waals surface area contributed by atoms with Crippen LogP contribution in [0, 0.1) is 17.6 Å². The average Bonchev–Trinajstić information content (AvgIpc) is 2.86. The number of aryl methyl sites for hydroxylation is 4. The van der Waals surface area contributed by atoms with Crippen LogP contribution in [0.5, 0.6) is 0 Å². The molecular weight excluding hydrogens is 446 g/mol. The van der Waals surface area contributed by atoms with E-state index in [0.717, 1.165) is 24.7 Å². The van der Waals surface area contributed by atoms with E-state index in [2.05, 4.69) is 55.5 Å². The number of hydrogen-bond acceptors (Lipinski definition) is 0. The van der Waals surface area contributed by atoms with Gasteiger partial charge in [-0.25, -0.2) is 8.78 Å². The summed E-state index contributed by atoms with van der Waals surface area (Å²) in [4.78, 5) is 0. The van der Waals surface area contributed by atoms with Crippen molar-refractivity contribution < 1.29 is 8.78 Å². The molecule has 0 atom stereocenters. The minimum atomic E-state index is -0.689. The van der Waals surface area contributed by atoms with Gasteiger partial charge in [0.2, 0.25) is 0 Å². The molecule has 0 amide bonds. The van der Waals surface area contributed by atoms with Crippen molar-refractivity contribution in [2.24, 2.45) is 5.92 Å². The Morgan fingerprint density at radius 2 is 1.18 bits per heavy atom. The lowest BCUT2D eigenvalue weighted by Crippen LogP contribution is -2.14. The Balaban J connectivity index is 1.20. The van der Waals surface area contributed by atoms with E-state index in [1.54, 1.807) is 0 Å². The Bertz CT molecular complexity index is 1020. The van der Waals surface area contributed by atoms with Gasteiger partial charge in [0.25, 0.3) is 0 Å². The van der Waals surface area contributed by atoms with E-state index in [-0.39, 0.29) is 0 Å². The fourth-order valence-corrected chi connectivity index (χ4v) is 5.42. The zero-order chi connectivity index (χ0) is 23.9. The van der Waals surface area contributed by atoms with Crippen molar-refractivity contribution in [3.05, 3.63) is 105 Å². The van der Waals surface area contributed by atoms with E-state index < -0.39 is 16.7 Å². The van der Waals surface area contributed by atoms with E-state index in [4.69, 9.17) is 11.6 Å². The third-order valence-electron chi connectivity index (χ3n) is 7.45. The zero-order valence-corrected chi connectivity index (χ0v) is 20.9. The first kappa shape index (κ1) is 24.9. The Labute approximate surface area is 208 Å². The van der Waals surface area contributed by atoms with Crippen molar-refractivity contribution in [3.8, 4) is 0 Å². The first-order valence-electron chi connectivity index (χ1n) is 12.8. The highest BCUT2D eigenvalue weighted by molar-refractivity contribution is 6.30. The van der Waals surface area contributed by atoms with Crippen molar-refractivity contribution in [1.82, 2.24) is 0 Å². The van der Waals surface area contributed by atoms with Gasteiger partial charge in [0, 0.05) is 0 Å². The number of benzene rings is 3. The second-order valence-electron chi connectivity index (χ2n) is 9.94. The number of hydrogen-bond donors (Lipinski definition) is 0. The highest BCUT2D eigenvalue weighted by Crippen LogP contribution is 2.37. The van der Waals surface area contributed by atoms with Crippen LogP contribution >= 0.6 is 11.6 Å². The lowest BCUT2D eigenvalue weighted by molar-refractivity contribution is 0.310. The van der Waals surface area contributed by atoms with Crippen LogP contribution in [0.4, 0.5) is 8.78 Å². The minimum absolute atomic E-state index is 0.428. The predicted octanol–water partition coefficient (Wildman–Crippen LogP) is 9.26. The molecule has 34 heavy (non-hydrogen) atoms. The van der Waals surface area contributed by atoms with E-state index in [9.17, 15) is 8.78 Å². The molecule has 0 radical (unpaired) electrons. The Morgan fingerprint density at radius 3 is 1.76 bits per heavy atom. The van der Waals surface area contributed by atoms with Crippen LogP contribution in [0.15, 0.2) is 60.7 Å². The SMILES string of the molecule is CCCc1ccc(C2CCC(CCc3ccc(CCc4cc(F)c(Cl)c(F)c4)cc3)CC2)cc1. The second kappa shape index (κ2) is 12.0. The molecule has 0 bridgehead atoms. The van der Waals surface area contributed by atoms with Gasteiger partial charge in [-0.15, -0.1) is 0 Å². The molecule has 0 aliphatic heterocycles. The molecule has 0 aromatic heterocycles. The van der Waals surface area contributed by atoms with Crippen LogP contribution in [0.25, 0.3) is 0 Å².